The number of anilines is 3. The Morgan fingerprint density at radius 2 is 1.00 bits per heavy atom. The van der Waals surface area contributed by atoms with Crippen molar-refractivity contribution in [3.63, 3.8) is 0 Å². The number of thiophene rings is 1. The Bertz CT molecular complexity index is 2280. The summed E-state index contributed by atoms with van der Waals surface area (Å²) in [6, 6.07) is 62.0. The van der Waals surface area contributed by atoms with Crippen LogP contribution in [0.2, 0.25) is 0 Å². The Labute approximate surface area is 273 Å². The van der Waals surface area contributed by atoms with Gasteiger partial charge in [0.25, 0.3) is 0 Å². The summed E-state index contributed by atoms with van der Waals surface area (Å²) in [5.74, 6) is 0. The minimum atomic E-state index is -0.218. The van der Waals surface area contributed by atoms with Crippen LogP contribution in [-0.2, 0) is 5.41 Å². The van der Waals surface area contributed by atoms with Crippen LogP contribution >= 0.6 is 11.3 Å². The Morgan fingerprint density at radius 1 is 0.457 bits per heavy atom. The molecule has 218 valence electrons. The van der Waals surface area contributed by atoms with Crippen molar-refractivity contribution >= 4 is 48.6 Å². The summed E-state index contributed by atoms with van der Waals surface area (Å²) in [4.78, 5) is 2.31. The van der Waals surface area contributed by atoms with Gasteiger partial charge in [0, 0.05) is 42.6 Å². The van der Waals surface area contributed by atoms with E-state index in [9.17, 15) is 0 Å². The number of para-hydroxylation sites is 2. The minimum absolute atomic E-state index is 0.218. The molecule has 1 aliphatic carbocycles. The summed E-state index contributed by atoms with van der Waals surface area (Å²) in [5.41, 5.74) is 12.5. The average molecular weight is 606 g/mol. The van der Waals surface area contributed by atoms with E-state index in [2.05, 4.69) is 182 Å². The minimum Gasteiger partial charge on any atom is -0.311 e. The van der Waals surface area contributed by atoms with Crippen LogP contribution in [0, 0.1) is 0 Å². The molecule has 0 atom stereocenters. The van der Waals surface area contributed by atoms with Gasteiger partial charge < -0.3 is 4.90 Å². The molecule has 0 aliphatic heterocycles. The molecule has 1 nitrogen and oxygen atoms in total. The molecule has 0 fully saturated rings. The second-order valence-electron chi connectivity index (χ2n) is 12.3. The molecule has 0 unspecified atom stereocenters. The van der Waals surface area contributed by atoms with E-state index in [4.69, 9.17) is 0 Å². The van der Waals surface area contributed by atoms with Gasteiger partial charge in [-0.1, -0.05) is 115 Å². The Hall–Kier alpha value is -5.44. The number of hydrogen-bond donors (Lipinski definition) is 0. The number of nitrogens with zero attached hydrogens (tertiary/aromatic N) is 1. The predicted octanol–water partition coefficient (Wildman–Crippen LogP) is 12.5. The molecule has 1 heterocycles. The first kappa shape index (κ1) is 26.9. The molecular weight excluding hydrogens is 575 g/mol. The fraction of sp³-hybridized carbons (Fsp3) is 0.0455. The van der Waals surface area contributed by atoms with Crippen LogP contribution in [0.25, 0.3) is 42.4 Å². The largest absolute Gasteiger partial charge is 0.311 e. The van der Waals surface area contributed by atoms with E-state index >= 15 is 0 Å². The van der Waals surface area contributed by atoms with Gasteiger partial charge in [0.2, 0.25) is 0 Å². The van der Waals surface area contributed by atoms with E-state index < -0.39 is 0 Å². The standard InChI is InChI=1S/C44H31NS/c1-44(39-20-10-8-17-36(39)37-18-9-11-21-40(37)44)31-25-28-41-38(29-31)43-35(19-12-22-42(43)46-41)30-23-26-34(27-24-30)45(32-13-4-2-5-14-32)33-15-6-3-7-16-33/h2-29H,1H3. The van der Waals surface area contributed by atoms with Crippen LogP contribution < -0.4 is 4.90 Å². The molecule has 0 spiro atoms. The normalized spacial score (nSPS) is 13.1. The van der Waals surface area contributed by atoms with Gasteiger partial charge in [0.1, 0.15) is 0 Å². The molecule has 0 saturated carbocycles. The SMILES string of the molecule is CC1(c2ccc3sc4cccc(-c5ccc(N(c6ccccc6)c6ccccc6)cc5)c4c3c2)c2ccccc2-c2ccccc21. The maximum atomic E-state index is 2.47. The zero-order valence-electron chi connectivity index (χ0n) is 25.5. The Morgan fingerprint density at radius 3 is 1.63 bits per heavy atom. The van der Waals surface area contributed by atoms with E-state index in [1.54, 1.807) is 0 Å². The van der Waals surface area contributed by atoms with Crippen LogP contribution in [0.3, 0.4) is 0 Å². The van der Waals surface area contributed by atoms with Crippen LogP contribution in [0.15, 0.2) is 170 Å². The third-order valence-electron chi connectivity index (χ3n) is 9.76. The van der Waals surface area contributed by atoms with Crippen molar-refractivity contribution in [2.75, 3.05) is 4.90 Å². The first-order chi connectivity index (χ1) is 22.7. The van der Waals surface area contributed by atoms with Crippen molar-refractivity contribution in [1.29, 1.82) is 0 Å². The molecule has 0 N–H and O–H groups in total. The fourth-order valence-corrected chi connectivity index (χ4v) is 8.65. The van der Waals surface area contributed by atoms with Crippen molar-refractivity contribution in [3.05, 3.63) is 187 Å². The highest BCUT2D eigenvalue weighted by molar-refractivity contribution is 7.25. The molecule has 8 aromatic rings. The summed E-state index contributed by atoms with van der Waals surface area (Å²) < 4.78 is 2.65. The third-order valence-corrected chi connectivity index (χ3v) is 10.9. The second kappa shape index (κ2) is 10.6. The van der Waals surface area contributed by atoms with Gasteiger partial charge in [-0.2, -0.15) is 0 Å². The maximum absolute atomic E-state index is 2.47. The molecule has 0 saturated heterocycles. The van der Waals surface area contributed by atoms with Crippen LogP contribution in [0.4, 0.5) is 17.1 Å². The maximum Gasteiger partial charge on any atom is 0.0462 e. The van der Waals surface area contributed by atoms with Gasteiger partial charge in [-0.25, -0.2) is 0 Å². The van der Waals surface area contributed by atoms with Gasteiger partial charge in [0.15, 0.2) is 0 Å². The first-order valence-corrected chi connectivity index (χ1v) is 16.7. The molecule has 2 heteroatoms. The van der Waals surface area contributed by atoms with Crippen LogP contribution in [0.1, 0.15) is 23.6 Å². The van der Waals surface area contributed by atoms with Crippen LogP contribution in [0.5, 0.6) is 0 Å². The van der Waals surface area contributed by atoms with Crippen molar-refractivity contribution in [3.8, 4) is 22.3 Å². The molecule has 46 heavy (non-hydrogen) atoms. The molecule has 1 aliphatic rings. The molecule has 0 amide bonds. The summed E-state index contributed by atoms with van der Waals surface area (Å²) in [7, 11) is 0. The zero-order chi connectivity index (χ0) is 30.7. The summed E-state index contributed by atoms with van der Waals surface area (Å²) in [6.45, 7) is 2.40. The Kier molecular flexibility index (Phi) is 6.19. The number of rotatable bonds is 5. The van der Waals surface area contributed by atoms with E-state index in [0.717, 1.165) is 17.1 Å². The molecule has 1 aromatic heterocycles. The number of fused-ring (bicyclic) bond motifs is 6. The van der Waals surface area contributed by atoms with E-state index in [1.165, 1.54) is 59.1 Å². The van der Waals surface area contributed by atoms with Crippen molar-refractivity contribution in [1.82, 2.24) is 0 Å². The number of hydrogen-bond acceptors (Lipinski definition) is 2. The highest BCUT2D eigenvalue weighted by atomic mass is 32.1. The first-order valence-electron chi connectivity index (χ1n) is 15.9. The topological polar surface area (TPSA) is 3.24 Å². The van der Waals surface area contributed by atoms with Gasteiger partial charge in [0.05, 0.1) is 0 Å². The Balaban J connectivity index is 1.18. The van der Waals surface area contributed by atoms with Crippen molar-refractivity contribution in [2.45, 2.75) is 12.3 Å². The summed E-state index contributed by atoms with van der Waals surface area (Å²) >= 11 is 1.89. The molecule has 9 rings (SSSR count). The monoisotopic (exact) mass is 605 g/mol. The molecular formula is C44H31NS. The van der Waals surface area contributed by atoms with Gasteiger partial charge in [-0.3, -0.25) is 0 Å². The molecule has 7 aromatic carbocycles. The van der Waals surface area contributed by atoms with Gasteiger partial charge in [-0.15, -0.1) is 11.3 Å². The predicted molar refractivity (Wildman–Crippen MR) is 197 cm³/mol. The summed E-state index contributed by atoms with van der Waals surface area (Å²) in [6.07, 6.45) is 0. The fourth-order valence-electron chi connectivity index (χ4n) is 7.53. The van der Waals surface area contributed by atoms with Crippen molar-refractivity contribution < 1.29 is 0 Å². The molecule has 0 radical (unpaired) electrons. The lowest BCUT2D eigenvalue weighted by molar-refractivity contribution is 0.715. The second-order valence-corrected chi connectivity index (χ2v) is 13.3. The van der Waals surface area contributed by atoms with Gasteiger partial charge in [-0.05, 0) is 100 Å². The van der Waals surface area contributed by atoms with E-state index in [-0.39, 0.29) is 5.41 Å². The smallest absolute Gasteiger partial charge is 0.0462 e. The quantitative estimate of drug-likeness (QED) is 0.189. The highest BCUT2D eigenvalue weighted by Crippen LogP contribution is 2.53. The summed E-state index contributed by atoms with van der Waals surface area (Å²) in [5, 5.41) is 2.67. The van der Waals surface area contributed by atoms with Gasteiger partial charge >= 0.3 is 0 Å². The molecule has 0 bridgehead atoms. The highest BCUT2D eigenvalue weighted by Gasteiger charge is 2.40. The lowest BCUT2D eigenvalue weighted by Crippen LogP contribution is -2.22. The van der Waals surface area contributed by atoms with Crippen molar-refractivity contribution in [2.24, 2.45) is 0 Å². The van der Waals surface area contributed by atoms with E-state index in [0.29, 0.717) is 0 Å². The van der Waals surface area contributed by atoms with Crippen LogP contribution in [-0.4, -0.2) is 0 Å². The zero-order valence-corrected chi connectivity index (χ0v) is 26.3. The lowest BCUT2D eigenvalue weighted by atomic mass is 9.74. The number of benzene rings is 7. The lowest BCUT2D eigenvalue weighted by Gasteiger charge is -2.28. The average Bonchev–Trinajstić information content (AvgIpc) is 3.63. The van der Waals surface area contributed by atoms with E-state index in [1.807, 2.05) is 11.3 Å². The third kappa shape index (κ3) is 4.07.